The van der Waals surface area contributed by atoms with Gasteiger partial charge in [-0.3, -0.25) is 9.59 Å². The fraction of sp³-hybridized carbons (Fsp3) is 0.750. The van der Waals surface area contributed by atoms with Crippen LogP contribution in [0.5, 0.6) is 0 Å². The average molecular weight is 288 g/mol. The summed E-state index contributed by atoms with van der Waals surface area (Å²) in [5.41, 5.74) is 0. The molecule has 0 saturated carbocycles. The van der Waals surface area contributed by atoms with E-state index in [1.807, 2.05) is 0 Å². The Morgan fingerprint density at radius 3 is 2.20 bits per heavy atom. The van der Waals surface area contributed by atoms with Crippen LogP contribution in [0.25, 0.3) is 0 Å². The number of carboxylic acid groups (broad SMARTS) is 2. The Kier molecular flexibility index (Phi) is 6.23. The van der Waals surface area contributed by atoms with E-state index < -0.39 is 31.1 Å². The summed E-state index contributed by atoms with van der Waals surface area (Å²) in [5, 5.41) is 26.5. The highest BCUT2D eigenvalue weighted by Gasteiger charge is 2.31. The number of hydrogen-bond donors (Lipinski definition) is 3. The lowest BCUT2D eigenvalue weighted by Crippen LogP contribution is -2.52. The van der Waals surface area contributed by atoms with Gasteiger partial charge in [0.2, 0.25) is 0 Å². The van der Waals surface area contributed by atoms with E-state index in [2.05, 4.69) is 0 Å². The van der Waals surface area contributed by atoms with Crippen LogP contribution in [0.3, 0.4) is 0 Å². The van der Waals surface area contributed by atoms with Gasteiger partial charge in [-0.1, -0.05) is 0 Å². The van der Waals surface area contributed by atoms with Gasteiger partial charge in [0.15, 0.2) is 0 Å². The zero-order valence-corrected chi connectivity index (χ0v) is 11.2. The number of carboxylic acids is 2. The van der Waals surface area contributed by atoms with Crippen molar-refractivity contribution >= 4 is 18.0 Å². The van der Waals surface area contributed by atoms with Crippen molar-refractivity contribution < 1.29 is 29.7 Å². The quantitative estimate of drug-likeness (QED) is 0.623. The summed E-state index contributed by atoms with van der Waals surface area (Å²) < 4.78 is 0. The minimum atomic E-state index is -1.25. The minimum Gasteiger partial charge on any atom is -0.480 e. The lowest BCUT2D eigenvalue weighted by Gasteiger charge is -2.38. The highest BCUT2D eigenvalue weighted by Crippen LogP contribution is 2.21. The number of aliphatic hydroxyl groups is 1. The first-order chi connectivity index (χ1) is 9.45. The van der Waals surface area contributed by atoms with Crippen LogP contribution >= 0.6 is 0 Å². The van der Waals surface area contributed by atoms with E-state index in [0.717, 1.165) is 24.2 Å². The Morgan fingerprint density at radius 2 is 1.70 bits per heavy atom. The maximum Gasteiger partial charge on any atom is 0.323 e. The normalized spacial score (nSPS) is 18.6. The molecule has 0 bridgehead atoms. The van der Waals surface area contributed by atoms with Gasteiger partial charge in [-0.25, -0.2) is 4.79 Å². The van der Waals surface area contributed by atoms with Gasteiger partial charge >= 0.3 is 18.0 Å². The van der Waals surface area contributed by atoms with Crippen molar-refractivity contribution in [3.8, 4) is 0 Å². The first kappa shape index (κ1) is 16.2. The van der Waals surface area contributed by atoms with E-state index in [0.29, 0.717) is 13.0 Å². The maximum atomic E-state index is 12.3. The standard InChI is InChI=1S/C12H20N2O6/c15-6-4-9-3-1-2-5-14(9)12(20)13(7-10(16)17)8-11(18)19/h9,15H,1-8H2,(H,16,17)(H,18,19). The highest BCUT2D eigenvalue weighted by molar-refractivity contribution is 5.84. The molecule has 1 heterocycles. The zero-order chi connectivity index (χ0) is 15.1. The minimum absolute atomic E-state index is 0.0632. The Hall–Kier alpha value is -1.83. The van der Waals surface area contributed by atoms with Crippen LogP contribution in [0.1, 0.15) is 25.7 Å². The molecule has 1 unspecified atom stereocenters. The molecule has 8 nitrogen and oxygen atoms in total. The van der Waals surface area contributed by atoms with E-state index in [1.54, 1.807) is 0 Å². The number of aliphatic carboxylic acids is 2. The Labute approximate surface area is 116 Å². The molecule has 1 rings (SSSR count). The van der Waals surface area contributed by atoms with E-state index in [4.69, 9.17) is 15.3 Å². The van der Waals surface area contributed by atoms with Crippen LogP contribution in [0.15, 0.2) is 0 Å². The van der Waals surface area contributed by atoms with E-state index >= 15 is 0 Å². The van der Waals surface area contributed by atoms with Gasteiger partial charge in [0, 0.05) is 19.2 Å². The number of aliphatic hydroxyl groups excluding tert-OH is 1. The van der Waals surface area contributed by atoms with Crippen molar-refractivity contribution in [1.29, 1.82) is 0 Å². The molecule has 0 aromatic carbocycles. The van der Waals surface area contributed by atoms with Gasteiger partial charge in [-0.2, -0.15) is 0 Å². The number of hydrogen-bond acceptors (Lipinski definition) is 4. The highest BCUT2D eigenvalue weighted by atomic mass is 16.4. The summed E-state index contributed by atoms with van der Waals surface area (Å²) >= 11 is 0. The molecular formula is C12H20N2O6. The molecule has 1 aliphatic rings. The smallest absolute Gasteiger partial charge is 0.323 e. The summed E-state index contributed by atoms with van der Waals surface area (Å²) in [6.45, 7) is -0.896. The van der Waals surface area contributed by atoms with Gasteiger partial charge in [0.1, 0.15) is 13.1 Å². The molecule has 114 valence electrons. The van der Waals surface area contributed by atoms with Crippen molar-refractivity contribution in [1.82, 2.24) is 9.80 Å². The second-order valence-corrected chi connectivity index (χ2v) is 4.78. The summed E-state index contributed by atoms with van der Waals surface area (Å²) in [4.78, 5) is 36.1. The Balaban J connectivity index is 2.79. The van der Waals surface area contributed by atoms with Crippen molar-refractivity contribution in [3.63, 3.8) is 0 Å². The molecule has 0 aromatic heterocycles. The van der Waals surface area contributed by atoms with Crippen LogP contribution in [0.4, 0.5) is 4.79 Å². The first-order valence-electron chi connectivity index (χ1n) is 6.55. The fourth-order valence-electron chi connectivity index (χ4n) is 2.40. The van der Waals surface area contributed by atoms with Crippen LogP contribution < -0.4 is 0 Å². The fourth-order valence-corrected chi connectivity index (χ4v) is 2.40. The summed E-state index contributed by atoms with van der Waals surface area (Å²) in [6, 6.07) is -0.751. The second-order valence-electron chi connectivity index (χ2n) is 4.78. The van der Waals surface area contributed by atoms with E-state index in [1.165, 1.54) is 4.90 Å². The van der Waals surface area contributed by atoms with Gasteiger partial charge in [0.25, 0.3) is 0 Å². The lowest BCUT2D eigenvalue weighted by atomic mass is 10.00. The topological polar surface area (TPSA) is 118 Å². The average Bonchev–Trinajstić information content (AvgIpc) is 2.37. The SMILES string of the molecule is O=C(O)CN(CC(=O)O)C(=O)N1CCCCC1CCO. The number of nitrogens with zero attached hydrogens (tertiary/aromatic N) is 2. The third-order valence-corrected chi connectivity index (χ3v) is 3.26. The number of piperidine rings is 1. The molecule has 3 N–H and O–H groups in total. The van der Waals surface area contributed by atoms with Gasteiger partial charge < -0.3 is 25.1 Å². The van der Waals surface area contributed by atoms with Crippen molar-refractivity contribution in [3.05, 3.63) is 0 Å². The van der Waals surface area contributed by atoms with Crippen LogP contribution in [0, 0.1) is 0 Å². The Morgan fingerprint density at radius 1 is 1.10 bits per heavy atom. The number of likely N-dealkylation sites (tertiary alicyclic amines) is 1. The number of amides is 2. The maximum absolute atomic E-state index is 12.3. The molecule has 0 spiro atoms. The Bertz CT molecular complexity index is 355. The van der Waals surface area contributed by atoms with Crippen molar-refractivity contribution in [2.24, 2.45) is 0 Å². The molecule has 0 radical (unpaired) electrons. The lowest BCUT2D eigenvalue weighted by molar-refractivity contribution is -0.140. The molecule has 1 atom stereocenters. The molecule has 8 heteroatoms. The van der Waals surface area contributed by atoms with Gasteiger partial charge in [-0.15, -0.1) is 0 Å². The summed E-state index contributed by atoms with van der Waals surface area (Å²) in [6.07, 6.45) is 2.88. The van der Waals surface area contributed by atoms with Crippen molar-refractivity contribution in [2.75, 3.05) is 26.2 Å². The molecule has 1 aliphatic heterocycles. The van der Waals surface area contributed by atoms with E-state index in [-0.39, 0.29) is 12.6 Å². The van der Waals surface area contributed by atoms with Gasteiger partial charge in [0.05, 0.1) is 0 Å². The predicted octanol–water partition coefficient (Wildman–Crippen LogP) is -0.185. The second kappa shape index (κ2) is 7.68. The molecule has 0 aliphatic carbocycles. The monoisotopic (exact) mass is 288 g/mol. The van der Waals surface area contributed by atoms with E-state index in [9.17, 15) is 14.4 Å². The molecule has 0 aromatic rings. The number of urea groups is 1. The molecule has 20 heavy (non-hydrogen) atoms. The third kappa shape index (κ3) is 4.69. The number of carbonyl (C=O) groups is 3. The molecular weight excluding hydrogens is 268 g/mol. The summed E-state index contributed by atoms with van der Waals surface area (Å²) in [7, 11) is 0. The predicted molar refractivity (Wildman–Crippen MR) is 68.3 cm³/mol. The molecule has 2 amide bonds. The zero-order valence-electron chi connectivity index (χ0n) is 11.2. The molecule has 1 saturated heterocycles. The van der Waals surface area contributed by atoms with Crippen LogP contribution in [0.2, 0.25) is 0 Å². The third-order valence-electron chi connectivity index (χ3n) is 3.26. The summed E-state index contributed by atoms with van der Waals surface area (Å²) in [5.74, 6) is -2.51. The molecule has 1 fully saturated rings. The number of rotatable bonds is 6. The van der Waals surface area contributed by atoms with Gasteiger partial charge in [-0.05, 0) is 25.7 Å². The van der Waals surface area contributed by atoms with Crippen molar-refractivity contribution in [2.45, 2.75) is 31.7 Å². The first-order valence-corrected chi connectivity index (χ1v) is 6.55. The van der Waals surface area contributed by atoms with Crippen LogP contribution in [-0.2, 0) is 9.59 Å². The number of carbonyl (C=O) groups excluding carboxylic acids is 1. The van der Waals surface area contributed by atoms with Crippen LogP contribution in [-0.4, -0.2) is 75.4 Å². The largest absolute Gasteiger partial charge is 0.480 e.